The Kier molecular flexibility index (Phi) is 9.81. The van der Waals surface area contributed by atoms with E-state index in [2.05, 4.69) is 5.32 Å². The molecule has 1 atom stereocenters. The molecule has 200 valence electrons. The molecule has 1 N–H and O–H groups in total. The topological polar surface area (TPSA) is 111 Å². The van der Waals surface area contributed by atoms with Crippen molar-refractivity contribution < 1.29 is 24.0 Å². The van der Waals surface area contributed by atoms with Crippen LogP contribution in [-0.2, 0) is 22.6 Å². The first-order valence-corrected chi connectivity index (χ1v) is 12.3. The molecule has 3 aromatic carbocycles. The summed E-state index contributed by atoms with van der Waals surface area (Å²) < 4.78 is 10.8. The quantitative estimate of drug-likeness (QED) is 0.280. The summed E-state index contributed by atoms with van der Waals surface area (Å²) in [5, 5.41) is 14.2. The zero-order valence-corrected chi connectivity index (χ0v) is 22.0. The lowest BCUT2D eigenvalue weighted by molar-refractivity contribution is -0.385. The summed E-state index contributed by atoms with van der Waals surface area (Å²) in [6, 6.07) is 20.4. The van der Waals surface area contributed by atoms with E-state index >= 15 is 0 Å². The standard InChI is InChI=1S/C29H33N3O6/c1-20(2)30-29(34)26(16-22-11-6-5-7-12-22)31(18-23-13-9-8-10-21(23)3)28(33)19-38-24-14-15-25(32(35)36)27(17-24)37-4/h5-15,17,20,26H,16,18-19H2,1-4H3,(H,30,34)/t26-/m0/s1. The van der Waals surface area contributed by atoms with Crippen molar-refractivity contribution >= 4 is 17.5 Å². The SMILES string of the molecule is COc1cc(OCC(=O)N(Cc2ccccc2C)[C@@H](Cc2ccccc2)C(=O)NC(C)C)ccc1[N+](=O)[O-]. The molecule has 0 bridgehead atoms. The summed E-state index contributed by atoms with van der Waals surface area (Å²) >= 11 is 0. The Morgan fingerprint density at radius 3 is 2.34 bits per heavy atom. The van der Waals surface area contributed by atoms with Gasteiger partial charge >= 0.3 is 5.69 Å². The number of carbonyl (C=O) groups excluding carboxylic acids is 2. The fraction of sp³-hybridized carbons (Fsp3) is 0.310. The molecule has 38 heavy (non-hydrogen) atoms. The van der Waals surface area contributed by atoms with Gasteiger partial charge in [-0.05, 0) is 43.5 Å². The van der Waals surface area contributed by atoms with E-state index in [0.717, 1.165) is 16.7 Å². The van der Waals surface area contributed by atoms with Crippen LogP contribution >= 0.6 is 0 Å². The summed E-state index contributed by atoms with van der Waals surface area (Å²) in [5.74, 6) is -0.397. The van der Waals surface area contributed by atoms with E-state index in [-0.39, 0.29) is 42.3 Å². The van der Waals surface area contributed by atoms with Gasteiger partial charge in [0.1, 0.15) is 11.8 Å². The number of rotatable bonds is 12. The van der Waals surface area contributed by atoms with E-state index in [1.165, 1.54) is 30.2 Å². The van der Waals surface area contributed by atoms with Crippen LogP contribution < -0.4 is 14.8 Å². The fourth-order valence-corrected chi connectivity index (χ4v) is 4.03. The van der Waals surface area contributed by atoms with Gasteiger partial charge in [-0.2, -0.15) is 0 Å². The Balaban J connectivity index is 1.92. The van der Waals surface area contributed by atoms with Crippen molar-refractivity contribution in [3.05, 3.63) is 99.6 Å². The van der Waals surface area contributed by atoms with Gasteiger partial charge in [0.25, 0.3) is 5.91 Å². The van der Waals surface area contributed by atoms with Crippen molar-refractivity contribution in [2.75, 3.05) is 13.7 Å². The van der Waals surface area contributed by atoms with Gasteiger partial charge in [-0.3, -0.25) is 19.7 Å². The normalized spacial score (nSPS) is 11.5. The molecule has 0 aliphatic carbocycles. The first-order chi connectivity index (χ1) is 18.2. The average Bonchev–Trinajstić information content (AvgIpc) is 2.90. The van der Waals surface area contributed by atoms with Crippen LogP contribution in [-0.4, -0.2) is 47.4 Å². The van der Waals surface area contributed by atoms with Crippen LogP contribution in [0.3, 0.4) is 0 Å². The molecule has 3 aromatic rings. The lowest BCUT2D eigenvalue weighted by Gasteiger charge is -2.32. The molecular weight excluding hydrogens is 486 g/mol. The smallest absolute Gasteiger partial charge is 0.311 e. The molecule has 0 saturated carbocycles. The minimum Gasteiger partial charge on any atom is -0.490 e. The first-order valence-electron chi connectivity index (χ1n) is 12.3. The highest BCUT2D eigenvalue weighted by Crippen LogP contribution is 2.31. The molecule has 0 saturated heterocycles. The van der Waals surface area contributed by atoms with Crippen molar-refractivity contribution in [1.82, 2.24) is 10.2 Å². The molecule has 0 radical (unpaired) electrons. The Bertz CT molecular complexity index is 1260. The van der Waals surface area contributed by atoms with Crippen LogP contribution in [0.2, 0.25) is 0 Å². The number of hydrogen-bond acceptors (Lipinski definition) is 6. The maximum Gasteiger partial charge on any atom is 0.311 e. The van der Waals surface area contributed by atoms with Crippen molar-refractivity contribution in [3.63, 3.8) is 0 Å². The number of ether oxygens (including phenoxy) is 2. The van der Waals surface area contributed by atoms with Gasteiger partial charge in [-0.15, -0.1) is 0 Å². The summed E-state index contributed by atoms with van der Waals surface area (Å²) in [7, 11) is 1.32. The van der Waals surface area contributed by atoms with Gasteiger partial charge < -0.3 is 19.7 Å². The number of nitro groups is 1. The van der Waals surface area contributed by atoms with E-state index in [1.54, 1.807) is 0 Å². The van der Waals surface area contributed by atoms with Gasteiger partial charge in [-0.25, -0.2) is 0 Å². The van der Waals surface area contributed by atoms with Gasteiger partial charge in [0.15, 0.2) is 6.61 Å². The Labute approximate surface area is 222 Å². The largest absolute Gasteiger partial charge is 0.490 e. The minimum absolute atomic E-state index is 0.0231. The zero-order chi connectivity index (χ0) is 27.7. The van der Waals surface area contributed by atoms with Gasteiger partial charge in [0.05, 0.1) is 12.0 Å². The molecule has 0 heterocycles. The number of amides is 2. The first kappa shape index (κ1) is 28.2. The molecule has 0 unspecified atom stereocenters. The number of methoxy groups -OCH3 is 1. The van der Waals surface area contributed by atoms with E-state index in [9.17, 15) is 19.7 Å². The second kappa shape index (κ2) is 13.2. The molecule has 0 aliphatic rings. The maximum atomic E-state index is 13.7. The van der Waals surface area contributed by atoms with Gasteiger partial charge in [0.2, 0.25) is 11.7 Å². The number of carbonyl (C=O) groups is 2. The molecule has 0 fully saturated rings. The van der Waals surface area contributed by atoms with E-state index in [1.807, 2.05) is 75.4 Å². The molecule has 0 aromatic heterocycles. The number of nitrogens with one attached hydrogen (secondary N) is 1. The summed E-state index contributed by atoms with van der Waals surface area (Å²) in [4.78, 5) is 39.3. The highest BCUT2D eigenvalue weighted by Gasteiger charge is 2.31. The molecule has 0 aliphatic heterocycles. The minimum atomic E-state index is -0.790. The number of nitro benzene ring substituents is 1. The van der Waals surface area contributed by atoms with Crippen LogP contribution in [0.4, 0.5) is 5.69 Å². The number of benzene rings is 3. The van der Waals surface area contributed by atoms with Crippen LogP contribution in [0.5, 0.6) is 11.5 Å². The Morgan fingerprint density at radius 2 is 1.71 bits per heavy atom. The lowest BCUT2D eigenvalue weighted by atomic mass is 10.0. The van der Waals surface area contributed by atoms with Crippen LogP contribution in [0, 0.1) is 17.0 Å². The van der Waals surface area contributed by atoms with Crippen LogP contribution in [0.1, 0.15) is 30.5 Å². The third kappa shape index (κ3) is 7.55. The molecule has 3 rings (SSSR count). The molecule has 2 amide bonds. The molecule has 9 nitrogen and oxygen atoms in total. The second-order valence-corrected chi connectivity index (χ2v) is 9.20. The Morgan fingerprint density at radius 1 is 1.03 bits per heavy atom. The fourth-order valence-electron chi connectivity index (χ4n) is 4.03. The van der Waals surface area contributed by atoms with Gasteiger partial charge in [-0.1, -0.05) is 54.6 Å². The van der Waals surface area contributed by atoms with Crippen molar-refractivity contribution in [3.8, 4) is 11.5 Å². The second-order valence-electron chi connectivity index (χ2n) is 9.20. The van der Waals surface area contributed by atoms with Crippen molar-refractivity contribution in [2.24, 2.45) is 0 Å². The molecule has 0 spiro atoms. The highest BCUT2D eigenvalue weighted by molar-refractivity contribution is 5.88. The van der Waals surface area contributed by atoms with E-state index in [4.69, 9.17) is 9.47 Å². The number of hydrogen-bond donors (Lipinski definition) is 1. The highest BCUT2D eigenvalue weighted by atomic mass is 16.6. The Hall–Kier alpha value is -4.40. The predicted molar refractivity (Wildman–Crippen MR) is 144 cm³/mol. The van der Waals surface area contributed by atoms with E-state index in [0.29, 0.717) is 6.42 Å². The number of nitrogens with zero attached hydrogens (tertiary/aromatic N) is 2. The van der Waals surface area contributed by atoms with Crippen LogP contribution in [0.15, 0.2) is 72.8 Å². The molecule has 9 heteroatoms. The summed E-state index contributed by atoms with van der Waals surface area (Å²) in [6.45, 7) is 5.54. The third-order valence-electron chi connectivity index (χ3n) is 6.01. The predicted octanol–water partition coefficient (Wildman–Crippen LogP) is 4.46. The average molecular weight is 520 g/mol. The third-order valence-corrected chi connectivity index (χ3v) is 6.01. The van der Waals surface area contributed by atoms with Gasteiger partial charge in [0, 0.05) is 31.1 Å². The summed E-state index contributed by atoms with van der Waals surface area (Å²) in [6.07, 6.45) is 0.322. The van der Waals surface area contributed by atoms with E-state index < -0.39 is 16.9 Å². The molecular formula is C29H33N3O6. The van der Waals surface area contributed by atoms with Crippen LogP contribution in [0.25, 0.3) is 0 Å². The lowest BCUT2D eigenvalue weighted by Crippen LogP contribution is -2.52. The monoisotopic (exact) mass is 519 g/mol. The number of aryl methyl sites for hydroxylation is 1. The van der Waals surface area contributed by atoms with Crippen molar-refractivity contribution in [2.45, 2.75) is 45.8 Å². The maximum absolute atomic E-state index is 13.7. The van der Waals surface area contributed by atoms with Crippen molar-refractivity contribution in [1.29, 1.82) is 0 Å². The summed E-state index contributed by atoms with van der Waals surface area (Å²) in [5.41, 5.74) is 2.61. The zero-order valence-electron chi connectivity index (χ0n) is 22.0.